The fraction of sp³-hybridized carbons (Fsp3) is 0.167. The van der Waals surface area contributed by atoms with Gasteiger partial charge in [-0.2, -0.15) is 0 Å². The van der Waals surface area contributed by atoms with E-state index in [1.807, 2.05) is 36.4 Å². The molecule has 24 heavy (non-hydrogen) atoms. The maximum atomic E-state index is 12.3. The van der Waals surface area contributed by atoms with Crippen molar-refractivity contribution in [3.05, 3.63) is 71.4 Å². The van der Waals surface area contributed by atoms with Crippen LogP contribution in [0.3, 0.4) is 0 Å². The minimum atomic E-state index is -3.08. The van der Waals surface area contributed by atoms with Gasteiger partial charge in [-0.25, -0.2) is 8.42 Å². The average molecular weight is 342 g/mol. The molecular weight excluding hydrogens is 324 g/mol. The Hall–Kier alpha value is -2.60. The molecule has 0 radical (unpaired) electrons. The van der Waals surface area contributed by atoms with Crippen molar-refractivity contribution in [3.63, 3.8) is 0 Å². The molecule has 0 aliphatic rings. The summed E-state index contributed by atoms with van der Waals surface area (Å²) < 4.78 is 22.7. The zero-order valence-electron chi connectivity index (χ0n) is 13.2. The third-order valence-corrected chi connectivity index (χ3v) is 4.51. The fourth-order valence-corrected chi connectivity index (χ4v) is 3.39. The van der Waals surface area contributed by atoms with E-state index in [2.05, 4.69) is 10.3 Å². The number of nitrogens with one attached hydrogen (secondary N) is 2. The molecule has 0 saturated heterocycles. The third-order valence-electron chi connectivity index (χ3n) is 3.65. The molecule has 124 valence electrons. The number of fused-ring (bicyclic) bond motifs is 1. The van der Waals surface area contributed by atoms with Gasteiger partial charge in [0, 0.05) is 23.7 Å². The van der Waals surface area contributed by atoms with Gasteiger partial charge >= 0.3 is 0 Å². The predicted octanol–water partition coefficient (Wildman–Crippen LogP) is 2.64. The Morgan fingerprint density at radius 2 is 1.79 bits per heavy atom. The SMILES string of the molecule is CS(=O)(=O)Cc1cccc(CNC(=O)c2cc3ccccc3[nH]2)c1. The van der Waals surface area contributed by atoms with E-state index in [1.54, 1.807) is 18.2 Å². The summed E-state index contributed by atoms with van der Waals surface area (Å²) in [5.41, 5.74) is 3.00. The van der Waals surface area contributed by atoms with Gasteiger partial charge < -0.3 is 10.3 Å². The highest BCUT2D eigenvalue weighted by atomic mass is 32.2. The number of aromatic nitrogens is 1. The van der Waals surface area contributed by atoms with Crippen molar-refractivity contribution in [2.24, 2.45) is 0 Å². The first-order valence-electron chi connectivity index (χ1n) is 7.52. The lowest BCUT2D eigenvalue weighted by molar-refractivity contribution is 0.0946. The lowest BCUT2D eigenvalue weighted by Crippen LogP contribution is -2.23. The maximum absolute atomic E-state index is 12.3. The molecule has 1 aromatic heterocycles. The Balaban J connectivity index is 1.69. The molecule has 0 atom stereocenters. The minimum Gasteiger partial charge on any atom is -0.351 e. The van der Waals surface area contributed by atoms with E-state index >= 15 is 0 Å². The lowest BCUT2D eigenvalue weighted by atomic mass is 10.1. The van der Waals surface area contributed by atoms with Gasteiger partial charge in [-0.3, -0.25) is 4.79 Å². The van der Waals surface area contributed by atoms with Crippen LogP contribution in [0.25, 0.3) is 10.9 Å². The van der Waals surface area contributed by atoms with Gasteiger partial charge in [0.2, 0.25) is 0 Å². The molecule has 6 heteroatoms. The van der Waals surface area contributed by atoms with Crippen molar-refractivity contribution in [1.29, 1.82) is 0 Å². The van der Waals surface area contributed by atoms with Crippen molar-refractivity contribution in [3.8, 4) is 0 Å². The highest BCUT2D eigenvalue weighted by Gasteiger charge is 2.10. The summed E-state index contributed by atoms with van der Waals surface area (Å²) >= 11 is 0. The fourth-order valence-electron chi connectivity index (χ4n) is 2.61. The number of benzene rings is 2. The number of H-pyrrole nitrogens is 1. The zero-order valence-corrected chi connectivity index (χ0v) is 14.1. The molecule has 0 aliphatic carbocycles. The quantitative estimate of drug-likeness (QED) is 0.748. The summed E-state index contributed by atoms with van der Waals surface area (Å²) in [4.78, 5) is 15.3. The first-order chi connectivity index (χ1) is 11.4. The summed E-state index contributed by atoms with van der Waals surface area (Å²) in [6, 6.07) is 16.7. The number of amides is 1. The summed E-state index contributed by atoms with van der Waals surface area (Å²) in [5.74, 6) is -0.198. The van der Waals surface area contributed by atoms with Crippen LogP contribution in [0, 0.1) is 0 Å². The molecule has 2 N–H and O–H groups in total. The second kappa shape index (κ2) is 6.49. The van der Waals surface area contributed by atoms with Crippen molar-refractivity contribution in [2.75, 3.05) is 6.26 Å². The molecule has 1 heterocycles. The molecule has 2 aromatic carbocycles. The van der Waals surface area contributed by atoms with E-state index in [0.717, 1.165) is 22.0 Å². The number of rotatable bonds is 5. The van der Waals surface area contributed by atoms with Crippen LogP contribution in [0.15, 0.2) is 54.6 Å². The number of carbonyl (C=O) groups excluding carboxylic acids is 1. The first-order valence-corrected chi connectivity index (χ1v) is 9.58. The largest absolute Gasteiger partial charge is 0.351 e. The van der Waals surface area contributed by atoms with Gasteiger partial charge in [0.1, 0.15) is 5.69 Å². The van der Waals surface area contributed by atoms with Crippen LogP contribution in [0.1, 0.15) is 21.6 Å². The standard InChI is InChI=1S/C18H18N2O3S/c1-24(22,23)12-14-6-4-5-13(9-14)11-19-18(21)17-10-15-7-2-3-8-16(15)20-17/h2-10,20H,11-12H2,1H3,(H,19,21). The van der Waals surface area contributed by atoms with Crippen LogP contribution < -0.4 is 5.32 Å². The highest BCUT2D eigenvalue weighted by molar-refractivity contribution is 7.89. The van der Waals surface area contributed by atoms with Crippen LogP contribution in [-0.2, 0) is 22.1 Å². The summed E-state index contributed by atoms with van der Waals surface area (Å²) in [6.45, 7) is 0.339. The molecule has 3 rings (SSSR count). The van der Waals surface area contributed by atoms with E-state index in [4.69, 9.17) is 0 Å². The minimum absolute atomic E-state index is 0.00317. The normalized spacial score (nSPS) is 11.5. The number of hydrogen-bond acceptors (Lipinski definition) is 3. The number of para-hydroxylation sites is 1. The van der Waals surface area contributed by atoms with Gasteiger partial charge in [0.05, 0.1) is 5.75 Å². The van der Waals surface area contributed by atoms with Crippen molar-refractivity contribution in [1.82, 2.24) is 10.3 Å². The Kier molecular flexibility index (Phi) is 4.40. The van der Waals surface area contributed by atoms with Crippen LogP contribution in [0.4, 0.5) is 0 Å². The Labute approximate surface area is 140 Å². The molecule has 5 nitrogen and oxygen atoms in total. The zero-order chi connectivity index (χ0) is 17.2. The van der Waals surface area contributed by atoms with E-state index in [1.165, 1.54) is 6.26 Å². The molecule has 0 unspecified atom stereocenters. The lowest BCUT2D eigenvalue weighted by Gasteiger charge is -2.06. The van der Waals surface area contributed by atoms with Crippen LogP contribution in [-0.4, -0.2) is 25.6 Å². The maximum Gasteiger partial charge on any atom is 0.267 e. The molecule has 1 amide bonds. The van der Waals surface area contributed by atoms with Crippen molar-refractivity contribution in [2.45, 2.75) is 12.3 Å². The number of hydrogen-bond donors (Lipinski definition) is 2. The van der Waals surface area contributed by atoms with E-state index < -0.39 is 9.84 Å². The first kappa shape index (κ1) is 16.3. The van der Waals surface area contributed by atoms with E-state index in [0.29, 0.717) is 12.2 Å². The van der Waals surface area contributed by atoms with Crippen molar-refractivity contribution >= 4 is 26.6 Å². The number of aromatic amines is 1. The van der Waals surface area contributed by atoms with Gasteiger partial charge in [-0.05, 0) is 23.3 Å². The van der Waals surface area contributed by atoms with Gasteiger partial charge in [0.25, 0.3) is 5.91 Å². The van der Waals surface area contributed by atoms with Crippen LogP contribution in [0.2, 0.25) is 0 Å². The molecule has 0 bridgehead atoms. The van der Waals surface area contributed by atoms with Gasteiger partial charge in [-0.1, -0.05) is 42.5 Å². The molecule has 0 aliphatic heterocycles. The van der Waals surface area contributed by atoms with Crippen molar-refractivity contribution < 1.29 is 13.2 Å². The van der Waals surface area contributed by atoms with E-state index in [-0.39, 0.29) is 11.7 Å². The second-order valence-corrected chi connectivity index (χ2v) is 7.98. The second-order valence-electron chi connectivity index (χ2n) is 5.84. The van der Waals surface area contributed by atoms with Gasteiger partial charge in [-0.15, -0.1) is 0 Å². The molecule has 3 aromatic rings. The Bertz CT molecular complexity index is 957. The molecular formula is C18H18N2O3S. The summed E-state index contributed by atoms with van der Waals surface area (Å²) in [5, 5.41) is 3.83. The van der Waals surface area contributed by atoms with Crippen LogP contribution >= 0.6 is 0 Å². The molecule has 0 saturated carbocycles. The average Bonchev–Trinajstić information content (AvgIpc) is 2.95. The number of sulfone groups is 1. The van der Waals surface area contributed by atoms with E-state index in [9.17, 15) is 13.2 Å². The topological polar surface area (TPSA) is 79.0 Å². The highest BCUT2D eigenvalue weighted by Crippen LogP contribution is 2.15. The Morgan fingerprint density at radius 1 is 1.04 bits per heavy atom. The number of carbonyl (C=O) groups is 1. The van der Waals surface area contributed by atoms with Gasteiger partial charge in [0.15, 0.2) is 9.84 Å². The van der Waals surface area contributed by atoms with Crippen LogP contribution in [0.5, 0.6) is 0 Å². The third kappa shape index (κ3) is 4.02. The summed E-state index contributed by atoms with van der Waals surface area (Å²) in [7, 11) is -3.08. The Morgan fingerprint density at radius 3 is 2.54 bits per heavy atom. The predicted molar refractivity (Wildman–Crippen MR) is 94.5 cm³/mol. The smallest absolute Gasteiger partial charge is 0.267 e. The monoisotopic (exact) mass is 342 g/mol. The molecule has 0 spiro atoms. The molecule has 0 fully saturated rings. The summed E-state index contributed by atoms with van der Waals surface area (Å²) in [6.07, 6.45) is 1.21.